The van der Waals surface area contributed by atoms with Crippen molar-refractivity contribution in [2.75, 3.05) is 12.4 Å². The van der Waals surface area contributed by atoms with Crippen LogP contribution in [0.2, 0.25) is 5.02 Å². The number of carbonyl (C=O) groups is 1. The Morgan fingerprint density at radius 3 is 2.53 bits per heavy atom. The molecule has 5 nitrogen and oxygen atoms in total. The number of halogens is 1. The van der Waals surface area contributed by atoms with Crippen LogP contribution in [0.15, 0.2) is 85.1 Å². The first-order valence-electron chi connectivity index (χ1n) is 12.2. The summed E-state index contributed by atoms with van der Waals surface area (Å²) in [6, 6.07) is 25.6. The molecule has 2 aromatic heterocycles. The predicted octanol–water partition coefficient (Wildman–Crippen LogP) is 7.33. The largest absolute Gasteiger partial charge is 0.497 e. The van der Waals surface area contributed by atoms with Gasteiger partial charge in [0.05, 0.1) is 12.8 Å². The molecule has 0 aliphatic carbocycles. The molecule has 3 heterocycles. The number of anilines is 1. The molecule has 0 bridgehead atoms. The summed E-state index contributed by atoms with van der Waals surface area (Å²) in [6.45, 7) is 0.911. The fraction of sp³-hybridized carbons (Fsp3) is 0.167. The van der Waals surface area contributed by atoms with Gasteiger partial charge >= 0.3 is 0 Å². The van der Waals surface area contributed by atoms with Crippen LogP contribution in [0.5, 0.6) is 5.75 Å². The number of carbonyl (C=O) groups excluding carboxylic acids is 1. The second-order valence-electron chi connectivity index (χ2n) is 9.08. The van der Waals surface area contributed by atoms with E-state index in [4.69, 9.17) is 16.3 Å². The predicted molar refractivity (Wildman–Crippen MR) is 145 cm³/mol. The van der Waals surface area contributed by atoms with Crippen molar-refractivity contribution in [1.29, 1.82) is 0 Å². The van der Waals surface area contributed by atoms with E-state index in [1.807, 2.05) is 54.6 Å². The maximum absolute atomic E-state index is 14.0. The van der Waals surface area contributed by atoms with Gasteiger partial charge in [-0.05, 0) is 54.7 Å². The number of imidazole rings is 1. The van der Waals surface area contributed by atoms with Gasteiger partial charge < -0.3 is 14.6 Å². The summed E-state index contributed by atoms with van der Waals surface area (Å²) >= 11 is 6.22. The van der Waals surface area contributed by atoms with Crippen molar-refractivity contribution < 1.29 is 9.53 Å². The molecule has 3 aromatic carbocycles. The molecule has 1 aliphatic rings. The van der Waals surface area contributed by atoms with Gasteiger partial charge in [0.25, 0.3) is 5.91 Å². The molecular weight excluding hydrogens is 470 g/mol. The molecule has 0 spiro atoms. The van der Waals surface area contributed by atoms with Gasteiger partial charge in [-0.3, -0.25) is 9.20 Å². The number of nitrogens with one attached hydrogen (secondary N) is 1. The third-order valence-electron chi connectivity index (χ3n) is 6.88. The maximum atomic E-state index is 14.0. The minimum Gasteiger partial charge on any atom is -0.497 e. The standard InChI is InChI=1S/C30H26ClN3O2/c1-36-24-11-7-10-23(18-24)32-29(35)28-27(21-13-15-22(31)16-14-21)25-12-5-6-17-33-26(19-34(28)30(25)33)20-8-3-2-4-9-20/h2-4,7-11,13-16,18-19H,5-6,12,17H2,1H3,(H,32,35). The summed E-state index contributed by atoms with van der Waals surface area (Å²) in [5.41, 5.74) is 7.82. The molecule has 0 saturated carbocycles. The molecule has 0 fully saturated rings. The van der Waals surface area contributed by atoms with Gasteiger partial charge in [0.15, 0.2) is 0 Å². The normalized spacial score (nSPS) is 12.9. The number of ether oxygens (including phenoxy) is 1. The third-order valence-corrected chi connectivity index (χ3v) is 7.13. The number of benzene rings is 3. The molecular formula is C30H26ClN3O2. The van der Waals surface area contributed by atoms with Crippen LogP contribution >= 0.6 is 11.6 Å². The molecule has 5 aromatic rings. The van der Waals surface area contributed by atoms with Crippen LogP contribution in [0, 0.1) is 0 Å². The molecule has 0 saturated heterocycles. The van der Waals surface area contributed by atoms with E-state index < -0.39 is 0 Å². The molecule has 1 N–H and O–H groups in total. The van der Waals surface area contributed by atoms with Crippen LogP contribution in [0.25, 0.3) is 28.0 Å². The lowest BCUT2D eigenvalue weighted by atomic mass is 9.97. The zero-order valence-corrected chi connectivity index (χ0v) is 20.8. The smallest absolute Gasteiger partial charge is 0.273 e. The average Bonchev–Trinajstić information content (AvgIpc) is 3.33. The van der Waals surface area contributed by atoms with Crippen LogP contribution in [-0.4, -0.2) is 22.0 Å². The van der Waals surface area contributed by atoms with Crippen molar-refractivity contribution >= 4 is 28.8 Å². The Morgan fingerprint density at radius 2 is 1.75 bits per heavy atom. The lowest BCUT2D eigenvalue weighted by Gasteiger charge is -2.11. The highest BCUT2D eigenvalue weighted by Crippen LogP contribution is 2.40. The minimum atomic E-state index is -0.160. The Bertz CT molecular complexity index is 1570. The number of aryl methyl sites for hydroxylation is 2. The number of nitrogens with zero attached hydrogens (tertiary/aromatic N) is 2. The van der Waals surface area contributed by atoms with Crippen molar-refractivity contribution in [3.63, 3.8) is 0 Å². The van der Waals surface area contributed by atoms with Gasteiger partial charge in [0, 0.05) is 40.6 Å². The lowest BCUT2D eigenvalue weighted by molar-refractivity contribution is 0.102. The van der Waals surface area contributed by atoms with E-state index in [-0.39, 0.29) is 5.91 Å². The molecule has 36 heavy (non-hydrogen) atoms. The first-order valence-corrected chi connectivity index (χ1v) is 12.5. The van der Waals surface area contributed by atoms with Crippen LogP contribution in [-0.2, 0) is 13.0 Å². The first kappa shape index (κ1) is 22.5. The summed E-state index contributed by atoms with van der Waals surface area (Å²) in [6.07, 6.45) is 5.17. The highest BCUT2D eigenvalue weighted by molar-refractivity contribution is 6.30. The molecule has 180 valence electrons. The van der Waals surface area contributed by atoms with Crippen LogP contribution in [0.1, 0.15) is 28.9 Å². The third kappa shape index (κ3) is 3.86. The zero-order chi connectivity index (χ0) is 24.6. The lowest BCUT2D eigenvalue weighted by Crippen LogP contribution is -2.15. The second kappa shape index (κ2) is 9.25. The number of hydrogen-bond donors (Lipinski definition) is 1. The van der Waals surface area contributed by atoms with Gasteiger partial charge in [-0.25, -0.2) is 0 Å². The Kier molecular flexibility index (Phi) is 5.78. The van der Waals surface area contributed by atoms with Crippen LogP contribution < -0.4 is 10.1 Å². The molecule has 6 heteroatoms. The van der Waals surface area contributed by atoms with Gasteiger partial charge in [-0.15, -0.1) is 0 Å². The summed E-state index contributed by atoms with van der Waals surface area (Å²) in [5.74, 6) is 0.533. The summed E-state index contributed by atoms with van der Waals surface area (Å²) < 4.78 is 9.82. The molecule has 0 radical (unpaired) electrons. The first-order chi connectivity index (χ1) is 17.6. The quantitative estimate of drug-likeness (QED) is 0.277. The number of rotatable bonds is 5. The average molecular weight is 496 g/mol. The van der Waals surface area contributed by atoms with E-state index in [0.717, 1.165) is 53.8 Å². The van der Waals surface area contributed by atoms with Crippen molar-refractivity contribution in [2.24, 2.45) is 0 Å². The number of aromatic nitrogens is 2. The van der Waals surface area contributed by atoms with Crippen molar-refractivity contribution in [3.05, 3.63) is 101 Å². The fourth-order valence-corrected chi connectivity index (χ4v) is 5.39. The molecule has 6 rings (SSSR count). The Morgan fingerprint density at radius 1 is 0.944 bits per heavy atom. The topological polar surface area (TPSA) is 47.7 Å². The van der Waals surface area contributed by atoms with E-state index >= 15 is 0 Å². The second-order valence-corrected chi connectivity index (χ2v) is 9.51. The van der Waals surface area contributed by atoms with Crippen LogP contribution in [0.3, 0.4) is 0 Å². The van der Waals surface area contributed by atoms with E-state index in [0.29, 0.717) is 22.2 Å². The highest BCUT2D eigenvalue weighted by atomic mass is 35.5. The maximum Gasteiger partial charge on any atom is 0.273 e. The summed E-state index contributed by atoms with van der Waals surface area (Å²) in [7, 11) is 1.62. The summed E-state index contributed by atoms with van der Waals surface area (Å²) in [5, 5.41) is 3.79. The number of hydrogen-bond acceptors (Lipinski definition) is 2. The Balaban J connectivity index is 1.59. The highest BCUT2D eigenvalue weighted by Gasteiger charge is 2.29. The molecule has 0 unspecified atom stereocenters. The molecule has 0 atom stereocenters. The van der Waals surface area contributed by atoms with Crippen molar-refractivity contribution in [3.8, 4) is 28.1 Å². The molecule has 1 amide bonds. The monoisotopic (exact) mass is 495 g/mol. The number of amides is 1. The van der Waals surface area contributed by atoms with Gasteiger partial charge in [0.1, 0.15) is 17.1 Å². The van der Waals surface area contributed by atoms with Gasteiger partial charge in [-0.2, -0.15) is 0 Å². The Hall–Kier alpha value is -3.96. The zero-order valence-electron chi connectivity index (χ0n) is 20.0. The Labute approximate surface area is 214 Å². The van der Waals surface area contributed by atoms with E-state index in [1.165, 1.54) is 5.56 Å². The fourth-order valence-electron chi connectivity index (χ4n) is 5.27. The minimum absolute atomic E-state index is 0.160. The van der Waals surface area contributed by atoms with E-state index in [2.05, 4.69) is 44.7 Å². The van der Waals surface area contributed by atoms with Crippen molar-refractivity contribution in [2.45, 2.75) is 25.8 Å². The van der Waals surface area contributed by atoms with E-state index in [1.54, 1.807) is 7.11 Å². The SMILES string of the molecule is COc1cccc(NC(=O)c2c(-c3ccc(Cl)cc3)c3c4n(c(-c5ccccc5)cn24)CCCC3)c1. The van der Waals surface area contributed by atoms with Crippen LogP contribution in [0.4, 0.5) is 5.69 Å². The van der Waals surface area contributed by atoms with Gasteiger partial charge in [-0.1, -0.05) is 60.1 Å². The van der Waals surface area contributed by atoms with Gasteiger partial charge in [0.2, 0.25) is 0 Å². The number of methoxy groups -OCH3 is 1. The molecule has 1 aliphatic heterocycles. The summed E-state index contributed by atoms with van der Waals surface area (Å²) in [4.78, 5) is 14.0. The van der Waals surface area contributed by atoms with Crippen molar-refractivity contribution in [1.82, 2.24) is 8.97 Å². The van der Waals surface area contributed by atoms with E-state index in [9.17, 15) is 4.79 Å².